The normalized spacial score (nSPS) is 12.3. The van der Waals surface area contributed by atoms with Gasteiger partial charge in [0.1, 0.15) is 0 Å². The Kier molecular flexibility index (Phi) is 68.3. The van der Waals surface area contributed by atoms with E-state index in [2.05, 4.69) is 55.4 Å². The van der Waals surface area contributed by atoms with Crippen molar-refractivity contribution in [2.24, 2.45) is 46.2 Å². The Balaban J connectivity index is -0.000000233. The van der Waals surface area contributed by atoms with Crippen LogP contribution < -0.4 is 34.4 Å². The largest absolute Gasteiger partial charge is 0.370 e. The summed E-state index contributed by atoms with van der Waals surface area (Å²) in [6, 6.07) is 0.782. The van der Waals surface area contributed by atoms with Crippen molar-refractivity contribution in [2.45, 2.75) is 318 Å². The minimum Gasteiger partial charge on any atom is -0.370 e. The zero-order valence-corrected chi connectivity index (χ0v) is 45.0. The molecular weight excluding hydrogens is 809 g/mol. The highest BCUT2D eigenvalue weighted by atomic mass is 16.2. The fourth-order valence-corrected chi connectivity index (χ4v) is 7.37. The van der Waals surface area contributed by atoms with Gasteiger partial charge in [-0.2, -0.15) is 0 Å². The first kappa shape index (κ1) is 71.8. The first-order valence-electron chi connectivity index (χ1n) is 27.7. The molecule has 0 aromatic rings. The number of rotatable bonds is 42. The molecule has 0 rings (SSSR count). The lowest BCUT2D eigenvalue weighted by Crippen LogP contribution is -2.27. The van der Waals surface area contributed by atoms with Crippen molar-refractivity contribution < 1.29 is 19.2 Å². The summed E-state index contributed by atoms with van der Waals surface area (Å²) in [7, 11) is 0. The number of carbonyl (C=O) groups is 4. The molecule has 0 spiro atoms. The smallest absolute Gasteiger partial charge is 0.217 e. The van der Waals surface area contributed by atoms with Crippen LogP contribution in [0.4, 0.5) is 0 Å². The number of hydrogen-bond donors (Lipinski definition) is 6. The second-order valence-electron chi connectivity index (χ2n) is 19.1. The molecule has 10 nitrogen and oxygen atoms in total. The van der Waals surface area contributed by atoms with Crippen LogP contribution in [0.5, 0.6) is 0 Å². The monoisotopic (exact) mass is 927 g/mol. The van der Waals surface area contributed by atoms with Gasteiger partial charge in [0.2, 0.25) is 23.6 Å². The molecule has 12 N–H and O–H groups in total. The Morgan fingerprint density at radius 3 is 0.631 bits per heavy atom. The Hall–Kier alpha value is -2.20. The summed E-state index contributed by atoms with van der Waals surface area (Å²) in [4.78, 5) is 41.4. The molecular formula is C55H118N6O4. The highest BCUT2D eigenvalue weighted by Gasteiger charge is 2.12. The van der Waals surface area contributed by atoms with Crippen molar-refractivity contribution in [1.29, 1.82) is 0 Å². The predicted octanol–water partition coefficient (Wildman–Crippen LogP) is 14.1. The number of primary amides is 4. The summed E-state index contributed by atoms with van der Waals surface area (Å²) in [5.41, 5.74) is 32.1. The molecule has 0 aliphatic rings. The van der Waals surface area contributed by atoms with Gasteiger partial charge in [-0.15, -0.1) is 0 Å². The zero-order chi connectivity index (χ0) is 50.2. The topological polar surface area (TPSA) is 224 Å². The molecule has 0 saturated carbocycles. The second-order valence-corrected chi connectivity index (χ2v) is 19.1. The van der Waals surface area contributed by atoms with E-state index in [1.165, 1.54) is 161 Å². The molecule has 0 aliphatic carbocycles. The van der Waals surface area contributed by atoms with Gasteiger partial charge in [0, 0.05) is 37.8 Å². The molecule has 0 aliphatic heterocycles. The van der Waals surface area contributed by atoms with E-state index in [4.69, 9.17) is 34.4 Å². The van der Waals surface area contributed by atoms with Crippen molar-refractivity contribution in [2.75, 3.05) is 0 Å². The van der Waals surface area contributed by atoms with E-state index in [0.29, 0.717) is 49.6 Å². The van der Waals surface area contributed by atoms with E-state index in [9.17, 15) is 19.2 Å². The molecule has 0 heterocycles. The van der Waals surface area contributed by atoms with Gasteiger partial charge in [0.15, 0.2) is 0 Å². The van der Waals surface area contributed by atoms with Gasteiger partial charge in [-0.1, -0.05) is 229 Å². The van der Waals surface area contributed by atoms with Crippen LogP contribution in [0.25, 0.3) is 0 Å². The maximum absolute atomic E-state index is 10.4. The molecule has 4 unspecified atom stereocenters. The van der Waals surface area contributed by atoms with Gasteiger partial charge >= 0.3 is 0 Å². The summed E-state index contributed by atoms with van der Waals surface area (Å²) >= 11 is 0. The van der Waals surface area contributed by atoms with Crippen molar-refractivity contribution in [3.63, 3.8) is 0 Å². The zero-order valence-electron chi connectivity index (χ0n) is 45.0. The predicted molar refractivity (Wildman–Crippen MR) is 285 cm³/mol. The maximum atomic E-state index is 10.4. The average Bonchev–Trinajstić information content (AvgIpc) is 3.27. The van der Waals surface area contributed by atoms with E-state index in [0.717, 1.165) is 64.2 Å². The van der Waals surface area contributed by atoms with E-state index in [1.807, 2.05) is 0 Å². The minimum absolute atomic E-state index is 0.163. The minimum atomic E-state index is -0.163. The number of unbranched alkanes of at least 4 members (excludes halogenated alkanes) is 26. The summed E-state index contributed by atoms with van der Waals surface area (Å²) in [6.45, 7) is 17.8. The van der Waals surface area contributed by atoms with Crippen molar-refractivity contribution in [1.82, 2.24) is 0 Å². The molecule has 65 heavy (non-hydrogen) atoms. The molecule has 4 atom stereocenters. The second kappa shape index (κ2) is 61.8. The third-order valence-electron chi connectivity index (χ3n) is 12.3. The number of hydrogen-bond acceptors (Lipinski definition) is 6. The van der Waals surface area contributed by atoms with Crippen LogP contribution in [0.3, 0.4) is 0 Å². The molecule has 0 saturated heterocycles. The molecule has 0 aromatic heterocycles. The van der Waals surface area contributed by atoms with Gasteiger partial charge in [0.25, 0.3) is 0 Å². The lowest BCUT2D eigenvalue weighted by atomic mass is 9.91. The number of nitrogens with two attached hydrogens (primary N) is 6. The fraction of sp³-hybridized carbons (Fsp3) is 0.927. The Morgan fingerprint density at radius 2 is 0.462 bits per heavy atom. The highest BCUT2D eigenvalue weighted by Crippen LogP contribution is 2.18. The standard InChI is InChI=1S/C15H34N2.4C10H21NO/c1-5-14(16)12(3)10-8-7-9-11-13(4)15(17)6-2;4*1-2-3-4-5-6-7-8-9-10(11)12/h12-15H,5-11,16-17H2,1-4H3;4*2-9H2,1H3,(H2,11,12). The van der Waals surface area contributed by atoms with Crippen LogP contribution in [0.15, 0.2) is 0 Å². The molecule has 392 valence electrons. The fourth-order valence-electron chi connectivity index (χ4n) is 7.37. The van der Waals surface area contributed by atoms with Gasteiger partial charge in [-0.05, 0) is 63.2 Å². The van der Waals surface area contributed by atoms with Gasteiger partial charge in [0.05, 0.1) is 0 Å². The Bertz CT molecular complexity index is 838. The van der Waals surface area contributed by atoms with Crippen molar-refractivity contribution in [3.05, 3.63) is 0 Å². The molecule has 4 amide bonds. The molecule has 0 aromatic carbocycles. The number of carbonyl (C=O) groups excluding carboxylic acids is 4. The van der Waals surface area contributed by atoms with E-state index in [-0.39, 0.29) is 23.6 Å². The first-order valence-corrected chi connectivity index (χ1v) is 27.7. The van der Waals surface area contributed by atoms with Gasteiger partial charge < -0.3 is 34.4 Å². The first-order chi connectivity index (χ1) is 31.1. The Morgan fingerprint density at radius 1 is 0.292 bits per heavy atom. The van der Waals surface area contributed by atoms with E-state index < -0.39 is 0 Å². The van der Waals surface area contributed by atoms with Crippen LogP contribution in [-0.4, -0.2) is 35.7 Å². The average molecular weight is 928 g/mol. The maximum Gasteiger partial charge on any atom is 0.217 e. The quantitative estimate of drug-likeness (QED) is 0.0326. The highest BCUT2D eigenvalue weighted by molar-refractivity contribution is 5.74. The third-order valence-corrected chi connectivity index (χ3v) is 12.3. The lowest BCUT2D eigenvalue weighted by molar-refractivity contribution is -0.119. The van der Waals surface area contributed by atoms with Crippen molar-refractivity contribution in [3.8, 4) is 0 Å². The van der Waals surface area contributed by atoms with Gasteiger partial charge in [-0.25, -0.2) is 0 Å². The summed E-state index contributed by atoms with van der Waals surface area (Å²) in [5.74, 6) is 0.699. The molecule has 0 fully saturated rings. The Labute approximate surface area is 405 Å². The van der Waals surface area contributed by atoms with E-state index in [1.54, 1.807) is 0 Å². The van der Waals surface area contributed by atoms with Crippen LogP contribution in [0, 0.1) is 11.8 Å². The summed E-state index contributed by atoms with van der Waals surface area (Å²) < 4.78 is 0. The van der Waals surface area contributed by atoms with E-state index >= 15 is 0 Å². The number of amides is 4. The molecule has 10 heteroatoms. The molecule has 0 bridgehead atoms. The van der Waals surface area contributed by atoms with Crippen LogP contribution in [0.1, 0.15) is 306 Å². The van der Waals surface area contributed by atoms with Crippen LogP contribution in [0.2, 0.25) is 0 Å². The lowest BCUT2D eigenvalue weighted by Gasteiger charge is -2.19. The van der Waals surface area contributed by atoms with Crippen LogP contribution in [-0.2, 0) is 19.2 Å². The third kappa shape index (κ3) is 76.4. The SMILES string of the molecule is CCC(N)C(C)CCCCCC(C)C(N)CC.CCCCCCCCCC(N)=O.CCCCCCCCCC(N)=O.CCCCCCCCCC(N)=O.CCCCCCCCCC(N)=O. The van der Waals surface area contributed by atoms with Crippen molar-refractivity contribution >= 4 is 23.6 Å². The molecule has 0 radical (unpaired) electrons. The van der Waals surface area contributed by atoms with Crippen LogP contribution >= 0.6 is 0 Å². The summed E-state index contributed by atoms with van der Waals surface area (Å²) in [5, 5.41) is 0. The van der Waals surface area contributed by atoms with Gasteiger partial charge in [-0.3, -0.25) is 19.2 Å². The summed E-state index contributed by atoms with van der Waals surface area (Å²) in [6.07, 6.45) is 45.7.